The lowest BCUT2D eigenvalue weighted by Gasteiger charge is -2.29. The van der Waals surface area contributed by atoms with Crippen LogP contribution in [0.3, 0.4) is 0 Å². The van der Waals surface area contributed by atoms with Gasteiger partial charge in [0.2, 0.25) is 0 Å². The van der Waals surface area contributed by atoms with Crippen LogP contribution in [0.2, 0.25) is 0 Å². The van der Waals surface area contributed by atoms with Gasteiger partial charge in [0.15, 0.2) is 0 Å². The summed E-state index contributed by atoms with van der Waals surface area (Å²) in [5.74, 6) is -0.102. The maximum atomic E-state index is 12.3. The van der Waals surface area contributed by atoms with Crippen molar-refractivity contribution in [2.75, 3.05) is 6.61 Å². The normalized spacial score (nSPS) is 14.3. The molecule has 1 amide bonds. The highest BCUT2D eigenvalue weighted by atomic mass is 16.3. The summed E-state index contributed by atoms with van der Waals surface area (Å²) in [4.78, 5) is 15.3. The summed E-state index contributed by atoms with van der Waals surface area (Å²) in [6.45, 7) is 4.03. The molecule has 3 N–H and O–H groups in total. The minimum absolute atomic E-state index is 0.0697. The van der Waals surface area contributed by atoms with Crippen LogP contribution in [0.25, 0.3) is 10.9 Å². The van der Waals surface area contributed by atoms with Crippen LogP contribution in [0.1, 0.15) is 37.0 Å². The number of aromatic amines is 1. The van der Waals surface area contributed by atoms with E-state index in [0.29, 0.717) is 12.0 Å². The standard InChI is InChI=1S/C15H20N2O2/c1-3-15(2,7-9-18)17-14(19)12-5-4-11-6-8-16-13(11)10-12/h4-6,8,10,16,18H,3,7,9H2,1-2H3,(H,17,19). The van der Waals surface area contributed by atoms with Gasteiger partial charge in [-0.2, -0.15) is 0 Å². The molecule has 0 bridgehead atoms. The van der Waals surface area contributed by atoms with Crippen molar-refractivity contribution in [1.29, 1.82) is 0 Å². The quantitative estimate of drug-likeness (QED) is 0.773. The number of carbonyl (C=O) groups is 1. The topological polar surface area (TPSA) is 65.1 Å². The average Bonchev–Trinajstić information content (AvgIpc) is 2.86. The van der Waals surface area contributed by atoms with Crippen molar-refractivity contribution >= 4 is 16.8 Å². The predicted molar refractivity (Wildman–Crippen MR) is 76.2 cm³/mol. The summed E-state index contributed by atoms with van der Waals surface area (Å²) in [7, 11) is 0. The third-order valence-electron chi connectivity index (χ3n) is 3.68. The first-order valence-electron chi connectivity index (χ1n) is 6.58. The van der Waals surface area contributed by atoms with Crippen LogP contribution < -0.4 is 5.32 Å². The van der Waals surface area contributed by atoms with Gasteiger partial charge >= 0.3 is 0 Å². The van der Waals surface area contributed by atoms with Crippen molar-refractivity contribution in [3.63, 3.8) is 0 Å². The number of fused-ring (bicyclic) bond motifs is 1. The van der Waals surface area contributed by atoms with E-state index in [1.165, 1.54) is 0 Å². The highest BCUT2D eigenvalue weighted by Crippen LogP contribution is 2.17. The monoisotopic (exact) mass is 260 g/mol. The molecule has 1 aromatic heterocycles. The van der Waals surface area contributed by atoms with E-state index < -0.39 is 0 Å². The Labute approximate surface area is 112 Å². The third kappa shape index (κ3) is 2.96. The van der Waals surface area contributed by atoms with E-state index in [1.807, 2.05) is 44.3 Å². The molecule has 0 aliphatic carbocycles. The van der Waals surface area contributed by atoms with Gasteiger partial charge in [0.1, 0.15) is 0 Å². The number of aliphatic hydroxyl groups excluding tert-OH is 1. The number of hydrogen-bond donors (Lipinski definition) is 3. The minimum Gasteiger partial charge on any atom is -0.396 e. The van der Waals surface area contributed by atoms with E-state index in [4.69, 9.17) is 5.11 Å². The van der Waals surface area contributed by atoms with Gasteiger partial charge in [0.05, 0.1) is 0 Å². The molecule has 19 heavy (non-hydrogen) atoms. The zero-order chi connectivity index (χ0) is 13.9. The van der Waals surface area contributed by atoms with E-state index in [1.54, 1.807) is 0 Å². The smallest absolute Gasteiger partial charge is 0.251 e. The van der Waals surface area contributed by atoms with E-state index in [9.17, 15) is 4.79 Å². The fourth-order valence-electron chi connectivity index (χ4n) is 2.11. The van der Waals surface area contributed by atoms with Crippen LogP contribution in [0.5, 0.6) is 0 Å². The molecule has 1 aromatic carbocycles. The van der Waals surface area contributed by atoms with Gasteiger partial charge in [-0.3, -0.25) is 4.79 Å². The van der Waals surface area contributed by atoms with Crippen molar-refractivity contribution in [3.8, 4) is 0 Å². The van der Waals surface area contributed by atoms with Gasteiger partial charge in [-0.1, -0.05) is 13.0 Å². The van der Waals surface area contributed by atoms with E-state index >= 15 is 0 Å². The zero-order valence-corrected chi connectivity index (χ0v) is 11.4. The lowest BCUT2D eigenvalue weighted by Crippen LogP contribution is -2.46. The van der Waals surface area contributed by atoms with Crippen LogP contribution in [-0.4, -0.2) is 28.1 Å². The summed E-state index contributed by atoms with van der Waals surface area (Å²) in [5, 5.41) is 13.2. The number of benzene rings is 1. The fourth-order valence-corrected chi connectivity index (χ4v) is 2.11. The van der Waals surface area contributed by atoms with Gasteiger partial charge in [-0.15, -0.1) is 0 Å². The molecule has 1 atom stereocenters. The second-order valence-electron chi connectivity index (χ2n) is 5.12. The lowest BCUT2D eigenvalue weighted by atomic mass is 9.94. The number of aromatic nitrogens is 1. The molecule has 2 aromatic rings. The molecule has 0 saturated carbocycles. The Bertz CT molecular complexity index is 576. The number of aliphatic hydroxyl groups is 1. The number of H-pyrrole nitrogens is 1. The van der Waals surface area contributed by atoms with E-state index in [-0.39, 0.29) is 18.1 Å². The van der Waals surface area contributed by atoms with Gasteiger partial charge in [-0.05, 0) is 43.4 Å². The first-order chi connectivity index (χ1) is 9.08. The molecule has 0 spiro atoms. The molecule has 0 radical (unpaired) electrons. The Morgan fingerprint density at radius 3 is 2.89 bits per heavy atom. The van der Waals surface area contributed by atoms with E-state index in [2.05, 4.69) is 10.3 Å². The van der Waals surface area contributed by atoms with Crippen molar-refractivity contribution < 1.29 is 9.90 Å². The number of amides is 1. The molecular formula is C15H20N2O2. The number of carbonyl (C=O) groups excluding carboxylic acids is 1. The van der Waals surface area contributed by atoms with Crippen molar-refractivity contribution in [1.82, 2.24) is 10.3 Å². The van der Waals surface area contributed by atoms with Crippen molar-refractivity contribution in [2.45, 2.75) is 32.2 Å². The second-order valence-corrected chi connectivity index (χ2v) is 5.12. The fraction of sp³-hybridized carbons (Fsp3) is 0.400. The minimum atomic E-state index is -0.365. The van der Waals surface area contributed by atoms with Gasteiger partial charge in [-0.25, -0.2) is 0 Å². The number of rotatable bonds is 5. The van der Waals surface area contributed by atoms with Crippen LogP contribution in [0.4, 0.5) is 0 Å². The summed E-state index contributed by atoms with van der Waals surface area (Å²) >= 11 is 0. The summed E-state index contributed by atoms with van der Waals surface area (Å²) in [6, 6.07) is 7.56. The molecule has 4 nitrogen and oxygen atoms in total. The molecule has 102 valence electrons. The van der Waals surface area contributed by atoms with Gasteiger partial charge in [0, 0.05) is 29.4 Å². The van der Waals surface area contributed by atoms with Crippen LogP contribution in [-0.2, 0) is 0 Å². The summed E-state index contributed by atoms with van der Waals surface area (Å²) in [6.07, 6.45) is 3.19. The van der Waals surface area contributed by atoms with Crippen LogP contribution in [0.15, 0.2) is 30.5 Å². The first kappa shape index (κ1) is 13.6. The number of hydrogen-bond acceptors (Lipinski definition) is 2. The highest BCUT2D eigenvalue weighted by molar-refractivity contribution is 5.98. The van der Waals surface area contributed by atoms with Gasteiger partial charge in [0.25, 0.3) is 5.91 Å². The van der Waals surface area contributed by atoms with E-state index in [0.717, 1.165) is 17.3 Å². The molecule has 0 saturated heterocycles. The maximum absolute atomic E-state index is 12.3. The van der Waals surface area contributed by atoms with Crippen molar-refractivity contribution in [2.24, 2.45) is 0 Å². The maximum Gasteiger partial charge on any atom is 0.251 e. The Hall–Kier alpha value is -1.81. The third-order valence-corrected chi connectivity index (χ3v) is 3.68. The van der Waals surface area contributed by atoms with Crippen LogP contribution in [0, 0.1) is 0 Å². The Kier molecular flexibility index (Phi) is 3.90. The molecule has 0 aliphatic rings. The van der Waals surface area contributed by atoms with Crippen LogP contribution >= 0.6 is 0 Å². The Morgan fingerprint density at radius 2 is 2.21 bits per heavy atom. The second kappa shape index (κ2) is 5.45. The first-order valence-corrected chi connectivity index (χ1v) is 6.58. The number of nitrogens with one attached hydrogen (secondary N) is 2. The SMILES string of the molecule is CCC(C)(CCO)NC(=O)c1ccc2cc[nH]c2c1. The Balaban J connectivity index is 2.18. The molecular weight excluding hydrogens is 240 g/mol. The largest absolute Gasteiger partial charge is 0.396 e. The molecule has 2 rings (SSSR count). The summed E-state index contributed by atoms with van der Waals surface area (Å²) < 4.78 is 0. The lowest BCUT2D eigenvalue weighted by molar-refractivity contribution is 0.0886. The Morgan fingerprint density at radius 1 is 1.42 bits per heavy atom. The summed E-state index contributed by atoms with van der Waals surface area (Å²) in [5.41, 5.74) is 1.22. The molecule has 1 heterocycles. The highest BCUT2D eigenvalue weighted by Gasteiger charge is 2.24. The van der Waals surface area contributed by atoms with Gasteiger partial charge < -0.3 is 15.4 Å². The zero-order valence-electron chi connectivity index (χ0n) is 11.4. The molecule has 0 aliphatic heterocycles. The predicted octanol–water partition coefficient (Wildman–Crippen LogP) is 2.45. The van der Waals surface area contributed by atoms with Crippen molar-refractivity contribution in [3.05, 3.63) is 36.0 Å². The molecule has 0 fully saturated rings. The molecule has 4 heteroatoms. The average molecular weight is 260 g/mol. The molecule has 1 unspecified atom stereocenters.